The molecule has 34 heavy (non-hydrogen) atoms. The second kappa shape index (κ2) is 10.5. The van der Waals surface area contributed by atoms with Gasteiger partial charge in [-0.25, -0.2) is 0 Å². The molecular weight excluding hydrogens is 490 g/mol. The molecule has 3 rings (SSSR count). The maximum absolute atomic E-state index is 13.6. The van der Waals surface area contributed by atoms with E-state index in [0.717, 1.165) is 6.92 Å². The predicted molar refractivity (Wildman–Crippen MR) is 126 cm³/mol. The highest BCUT2D eigenvalue weighted by atomic mass is 35.5. The molecule has 0 fully saturated rings. The minimum Gasteiger partial charge on any atom is -0.481 e. The second-order valence-corrected chi connectivity index (χ2v) is 8.61. The maximum atomic E-state index is 13.6. The highest BCUT2D eigenvalue weighted by Crippen LogP contribution is 2.39. The lowest BCUT2D eigenvalue weighted by Crippen LogP contribution is -2.34. The monoisotopic (exact) mass is 509 g/mol. The number of carbonyl (C=O) groups excluding carboxylic acids is 1. The molecular formula is C25H20Cl2F3NO3. The van der Waals surface area contributed by atoms with Crippen molar-refractivity contribution in [1.82, 2.24) is 0 Å². The smallest absolute Gasteiger partial charge is 0.392 e. The average molecular weight is 510 g/mol. The number of amides is 1. The second-order valence-electron chi connectivity index (χ2n) is 7.77. The Kier molecular flexibility index (Phi) is 7.89. The van der Waals surface area contributed by atoms with Gasteiger partial charge < -0.3 is 10.4 Å². The number of anilines is 1. The molecule has 0 radical (unpaired) electrons. The average Bonchev–Trinajstić information content (AvgIpc) is 2.76. The number of rotatable bonds is 7. The minimum absolute atomic E-state index is 0.114. The van der Waals surface area contributed by atoms with Gasteiger partial charge >= 0.3 is 12.1 Å². The van der Waals surface area contributed by atoms with Gasteiger partial charge in [0.25, 0.3) is 0 Å². The maximum Gasteiger partial charge on any atom is 0.392 e. The number of alkyl halides is 3. The van der Waals surface area contributed by atoms with Gasteiger partial charge in [-0.1, -0.05) is 72.6 Å². The standard InChI is InChI=1S/C25H20Cl2F3NO3/c1-14(25(28,29)30)23(15-6-9-18(26)10-7-15)24(34)31-21-12-17(8-11-20(21)27)19-5-3-2-4-16(19)13-22(32)33/h2-12,14,23H,13H2,1H3,(H,31,34)(H,32,33)/t14-,23+/m1/s1. The molecule has 0 aliphatic rings. The van der Waals surface area contributed by atoms with Gasteiger partial charge in [-0.2, -0.15) is 13.2 Å². The first-order chi connectivity index (χ1) is 16.0. The summed E-state index contributed by atoms with van der Waals surface area (Å²) < 4.78 is 40.8. The number of hydrogen-bond acceptors (Lipinski definition) is 2. The highest BCUT2D eigenvalue weighted by Gasteiger charge is 2.45. The van der Waals surface area contributed by atoms with Crippen molar-refractivity contribution in [3.63, 3.8) is 0 Å². The Morgan fingerprint density at radius 3 is 2.26 bits per heavy atom. The van der Waals surface area contributed by atoms with Crippen molar-refractivity contribution in [2.24, 2.45) is 5.92 Å². The van der Waals surface area contributed by atoms with Crippen LogP contribution in [0.15, 0.2) is 66.7 Å². The zero-order chi connectivity index (χ0) is 25.0. The lowest BCUT2D eigenvalue weighted by Gasteiger charge is -2.26. The topological polar surface area (TPSA) is 66.4 Å². The summed E-state index contributed by atoms with van der Waals surface area (Å²) in [7, 11) is 0. The van der Waals surface area contributed by atoms with Crippen LogP contribution in [0.5, 0.6) is 0 Å². The van der Waals surface area contributed by atoms with Gasteiger partial charge in [-0.3, -0.25) is 9.59 Å². The minimum atomic E-state index is -4.62. The molecule has 0 aliphatic carbocycles. The molecule has 0 spiro atoms. The van der Waals surface area contributed by atoms with Crippen molar-refractivity contribution < 1.29 is 27.9 Å². The van der Waals surface area contributed by atoms with Crippen LogP contribution in [0.4, 0.5) is 18.9 Å². The van der Waals surface area contributed by atoms with Crippen LogP contribution in [-0.2, 0) is 16.0 Å². The molecule has 2 N–H and O–H groups in total. The summed E-state index contributed by atoms with van der Waals surface area (Å²) in [5.41, 5.74) is 1.98. The number of hydrogen-bond donors (Lipinski definition) is 2. The molecule has 0 bridgehead atoms. The van der Waals surface area contributed by atoms with Crippen LogP contribution in [-0.4, -0.2) is 23.2 Å². The summed E-state index contributed by atoms with van der Waals surface area (Å²) in [6, 6.07) is 17.1. The van der Waals surface area contributed by atoms with E-state index in [1.165, 1.54) is 36.4 Å². The van der Waals surface area contributed by atoms with Crippen LogP contribution in [0.3, 0.4) is 0 Å². The summed E-state index contributed by atoms with van der Waals surface area (Å²) in [6.45, 7) is 0.943. The molecule has 3 aromatic rings. The number of nitrogens with one attached hydrogen (secondary N) is 1. The Bertz CT molecular complexity index is 1200. The SMILES string of the molecule is C[C@H]([C@H](C(=O)Nc1cc(-c2ccccc2CC(=O)O)ccc1Cl)c1ccc(Cl)cc1)C(F)(F)F. The van der Waals surface area contributed by atoms with Crippen molar-refractivity contribution in [2.75, 3.05) is 5.32 Å². The quantitative estimate of drug-likeness (QED) is 0.353. The van der Waals surface area contributed by atoms with E-state index < -0.39 is 29.9 Å². The number of carboxylic acid groups (broad SMARTS) is 1. The van der Waals surface area contributed by atoms with Crippen molar-refractivity contribution in [2.45, 2.75) is 25.4 Å². The Hall–Kier alpha value is -3.03. The van der Waals surface area contributed by atoms with E-state index in [1.54, 1.807) is 30.3 Å². The van der Waals surface area contributed by atoms with E-state index in [-0.39, 0.29) is 22.7 Å². The number of aliphatic carboxylic acids is 1. The molecule has 3 aromatic carbocycles. The van der Waals surface area contributed by atoms with Gasteiger partial charge in [0.2, 0.25) is 5.91 Å². The van der Waals surface area contributed by atoms with E-state index in [4.69, 9.17) is 23.2 Å². The number of halogens is 5. The van der Waals surface area contributed by atoms with Crippen LogP contribution < -0.4 is 5.32 Å². The molecule has 0 aliphatic heterocycles. The van der Waals surface area contributed by atoms with E-state index in [0.29, 0.717) is 21.7 Å². The molecule has 0 saturated carbocycles. The predicted octanol–water partition coefficient (Wildman–Crippen LogP) is 7.21. The molecule has 9 heteroatoms. The lowest BCUT2D eigenvalue weighted by atomic mass is 9.85. The molecule has 0 unspecified atom stereocenters. The molecule has 0 heterocycles. The first-order valence-corrected chi connectivity index (χ1v) is 11.0. The molecule has 178 valence electrons. The first kappa shape index (κ1) is 25.6. The highest BCUT2D eigenvalue weighted by molar-refractivity contribution is 6.34. The third-order valence-electron chi connectivity index (χ3n) is 5.42. The largest absolute Gasteiger partial charge is 0.481 e. The van der Waals surface area contributed by atoms with Crippen molar-refractivity contribution in [3.8, 4) is 11.1 Å². The number of carbonyl (C=O) groups is 2. The summed E-state index contributed by atoms with van der Waals surface area (Å²) >= 11 is 12.1. The van der Waals surface area contributed by atoms with Crippen molar-refractivity contribution in [3.05, 3.63) is 87.9 Å². The van der Waals surface area contributed by atoms with Crippen molar-refractivity contribution in [1.29, 1.82) is 0 Å². The molecule has 4 nitrogen and oxygen atoms in total. The van der Waals surface area contributed by atoms with Crippen LogP contribution in [0, 0.1) is 5.92 Å². The lowest BCUT2D eigenvalue weighted by molar-refractivity contribution is -0.178. The first-order valence-electron chi connectivity index (χ1n) is 10.2. The fraction of sp³-hybridized carbons (Fsp3) is 0.200. The Balaban J connectivity index is 1.98. The zero-order valence-electron chi connectivity index (χ0n) is 17.9. The molecule has 0 aromatic heterocycles. The summed E-state index contributed by atoms with van der Waals surface area (Å²) in [5.74, 6) is -5.42. The zero-order valence-corrected chi connectivity index (χ0v) is 19.4. The summed E-state index contributed by atoms with van der Waals surface area (Å²) in [4.78, 5) is 24.3. The van der Waals surface area contributed by atoms with E-state index in [9.17, 15) is 27.9 Å². The van der Waals surface area contributed by atoms with E-state index in [1.807, 2.05) is 0 Å². The van der Waals surface area contributed by atoms with E-state index >= 15 is 0 Å². The van der Waals surface area contributed by atoms with Crippen LogP contribution in [0.1, 0.15) is 24.0 Å². The van der Waals surface area contributed by atoms with Gasteiger partial charge in [0.1, 0.15) is 0 Å². The summed E-state index contributed by atoms with van der Waals surface area (Å²) in [5, 5.41) is 12.2. The van der Waals surface area contributed by atoms with E-state index in [2.05, 4.69) is 5.32 Å². The van der Waals surface area contributed by atoms with Gasteiger partial charge in [-0.05, 0) is 46.5 Å². The third kappa shape index (κ3) is 6.10. The Morgan fingerprint density at radius 2 is 1.65 bits per heavy atom. The van der Waals surface area contributed by atoms with Crippen LogP contribution in [0.2, 0.25) is 10.0 Å². The fourth-order valence-electron chi connectivity index (χ4n) is 3.64. The molecule has 1 amide bonds. The Labute approximate surface area is 204 Å². The number of carboxylic acids is 1. The summed E-state index contributed by atoms with van der Waals surface area (Å²) in [6.07, 6.45) is -4.84. The number of benzene rings is 3. The van der Waals surface area contributed by atoms with Gasteiger partial charge in [0.05, 0.1) is 29.0 Å². The van der Waals surface area contributed by atoms with Gasteiger partial charge in [-0.15, -0.1) is 0 Å². The Morgan fingerprint density at radius 1 is 1.00 bits per heavy atom. The fourth-order valence-corrected chi connectivity index (χ4v) is 3.94. The van der Waals surface area contributed by atoms with Gasteiger partial charge in [0.15, 0.2) is 0 Å². The third-order valence-corrected chi connectivity index (χ3v) is 6.00. The van der Waals surface area contributed by atoms with Gasteiger partial charge in [0, 0.05) is 5.02 Å². The molecule has 2 atom stereocenters. The van der Waals surface area contributed by atoms with Crippen LogP contribution >= 0.6 is 23.2 Å². The van der Waals surface area contributed by atoms with Crippen molar-refractivity contribution >= 4 is 40.8 Å². The normalized spacial score (nSPS) is 13.2. The molecule has 0 saturated heterocycles. The van der Waals surface area contributed by atoms with Crippen LogP contribution in [0.25, 0.3) is 11.1 Å².